The molecular weight excluding hydrogens is 506 g/mol. The molecule has 10 heteroatoms. The van der Waals surface area contributed by atoms with E-state index in [1.165, 1.54) is 6.42 Å². The van der Waals surface area contributed by atoms with Crippen molar-refractivity contribution in [1.29, 1.82) is 0 Å². The van der Waals surface area contributed by atoms with E-state index in [9.17, 15) is 19.5 Å². The van der Waals surface area contributed by atoms with E-state index in [1.54, 1.807) is 29.6 Å². The number of hydrogen-bond donors (Lipinski definition) is 3. The molecule has 0 spiro atoms. The Labute approximate surface area is 228 Å². The van der Waals surface area contributed by atoms with Crippen molar-refractivity contribution in [2.45, 2.75) is 63.8 Å². The highest BCUT2D eigenvalue weighted by molar-refractivity contribution is 6.30. The van der Waals surface area contributed by atoms with Crippen molar-refractivity contribution in [3.05, 3.63) is 53.1 Å². The molecule has 4 rings (SSSR count). The first-order valence-corrected chi connectivity index (χ1v) is 13.9. The number of carbonyl (C=O) groups excluding carboxylic acids is 2. The Hall–Kier alpha value is -3.07. The number of carboxylic acids is 1. The van der Waals surface area contributed by atoms with E-state index in [0.29, 0.717) is 50.3 Å². The number of urea groups is 1. The average molecular weight is 544 g/mol. The number of hydrogen-bond acceptors (Lipinski definition) is 4. The largest absolute Gasteiger partial charge is 0.481 e. The fraction of sp³-hybridized carbons (Fsp3) is 0.571. The van der Waals surface area contributed by atoms with E-state index in [2.05, 4.69) is 15.6 Å². The monoisotopic (exact) mass is 543 g/mol. The van der Waals surface area contributed by atoms with Gasteiger partial charge in [-0.05, 0) is 49.3 Å². The predicted octanol–water partition coefficient (Wildman–Crippen LogP) is 3.80. The molecular formula is C28H38ClN5O4. The predicted molar refractivity (Wildman–Crippen MR) is 145 cm³/mol. The highest BCUT2D eigenvalue weighted by Gasteiger charge is 2.48. The molecule has 1 aliphatic heterocycles. The smallest absolute Gasteiger partial charge is 0.315 e. The van der Waals surface area contributed by atoms with Gasteiger partial charge in [-0.1, -0.05) is 43.0 Å². The van der Waals surface area contributed by atoms with Crippen LogP contribution in [0.2, 0.25) is 5.02 Å². The third kappa shape index (κ3) is 6.67. The number of benzene rings is 1. The minimum absolute atomic E-state index is 0.166. The summed E-state index contributed by atoms with van der Waals surface area (Å²) >= 11 is 6.03. The molecule has 9 nitrogen and oxygen atoms in total. The average Bonchev–Trinajstić information content (AvgIpc) is 3.34. The van der Waals surface area contributed by atoms with Gasteiger partial charge in [-0.25, -0.2) is 9.78 Å². The molecule has 2 heterocycles. The minimum atomic E-state index is -0.778. The highest BCUT2D eigenvalue weighted by Crippen LogP contribution is 2.46. The van der Waals surface area contributed by atoms with E-state index in [-0.39, 0.29) is 11.8 Å². The molecule has 0 bridgehead atoms. The number of imidazole rings is 1. The molecule has 1 aliphatic carbocycles. The maximum absolute atomic E-state index is 13.7. The first-order valence-electron chi connectivity index (χ1n) is 13.5. The molecule has 206 valence electrons. The molecule has 3 N–H and O–H groups in total. The van der Waals surface area contributed by atoms with Gasteiger partial charge in [-0.15, -0.1) is 0 Å². The second-order valence-electron chi connectivity index (χ2n) is 10.7. The fourth-order valence-corrected chi connectivity index (χ4v) is 6.12. The van der Waals surface area contributed by atoms with Gasteiger partial charge in [0.1, 0.15) is 6.04 Å². The van der Waals surface area contributed by atoms with Gasteiger partial charge in [0.05, 0.1) is 11.7 Å². The molecule has 2 aromatic rings. The Kier molecular flexibility index (Phi) is 9.31. The summed E-state index contributed by atoms with van der Waals surface area (Å²) in [6, 6.07) is 6.02. The van der Waals surface area contributed by atoms with Gasteiger partial charge in [0.15, 0.2) is 0 Å². The van der Waals surface area contributed by atoms with E-state index in [1.807, 2.05) is 23.7 Å². The van der Waals surface area contributed by atoms with Gasteiger partial charge in [-0.3, -0.25) is 9.59 Å². The maximum atomic E-state index is 13.7. The zero-order chi connectivity index (χ0) is 27.1. The van der Waals surface area contributed by atoms with Crippen LogP contribution in [0.4, 0.5) is 4.79 Å². The summed E-state index contributed by atoms with van der Waals surface area (Å²) in [5.74, 6) is -0.760. The Balaban J connectivity index is 1.40. The summed E-state index contributed by atoms with van der Waals surface area (Å²) in [6.45, 7) is 1.16. The van der Waals surface area contributed by atoms with Crippen LogP contribution in [-0.4, -0.2) is 63.1 Å². The number of nitrogens with zero attached hydrogens (tertiary/aromatic N) is 3. The van der Waals surface area contributed by atoms with Crippen molar-refractivity contribution in [3.8, 4) is 0 Å². The van der Waals surface area contributed by atoms with Crippen LogP contribution in [0.15, 0.2) is 36.8 Å². The summed E-state index contributed by atoms with van der Waals surface area (Å²) in [4.78, 5) is 44.7. The molecule has 1 aromatic heterocycles. The number of amides is 3. The lowest BCUT2D eigenvalue weighted by Crippen LogP contribution is -2.56. The summed E-state index contributed by atoms with van der Waals surface area (Å²) in [5.41, 5.74) is 1.11. The molecule has 1 atom stereocenters. The van der Waals surface area contributed by atoms with Crippen LogP contribution in [0, 0.1) is 11.3 Å². The lowest BCUT2D eigenvalue weighted by atomic mass is 9.64. The van der Waals surface area contributed by atoms with Gasteiger partial charge < -0.3 is 25.2 Å². The Bertz CT molecular complexity index is 1100. The number of aliphatic carboxylic acids is 1. The van der Waals surface area contributed by atoms with Crippen molar-refractivity contribution in [3.63, 3.8) is 0 Å². The number of halogens is 1. The third-order valence-corrected chi connectivity index (χ3v) is 8.57. The van der Waals surface area contributed by atoms with E-state index < -0.39 is 23.5 Å². The number of carbonyl (C=O) groups is 3. The number of likely N-dealkylation sites (tertiary alicyclic amines) is 1. The van der Waals surface area contributed by atoms with Gasteiger partial charge in [0.2, 0.25) is 5.91 Å². The Morgan fingerprint density at radius 2 is 1.82 bits per heavy atom. The number of nitrogens with one attached hydrogen (secondary N) is 2. The zero-order valence-electron chi connectivity index (χ0n) is 22.0. The minimum Gasteiger partial charge on any atom is -0.481 e. The van der Waals surface area contributed by atoms with Crippen LogP contribution >= 0.6 is 11.6 Å². The van der Waals surface area contributed by atoms with Crippen LogP contribution in [0.5, 0.6) is 0 Å². The SMILES string of the molecule is Cn1cncc1CCNC(=O)N[C@H](Cc1ccc(Cl)cc1)C(=O)N1CCC(C(=O)O)(C2CCCCC2)CC1. The van der Waals surface area contributed by atoms with Crippen molar-refractivity contribution < 1.29 is 19.5 Å². The molecule has 2 aliphatic rings. The maximum Gasteiger partial charge on any atom is 0.315 e. The lowest BCUT2D eigenvalue weighted by Gasteiger charge is -2.45. The lowest BCUT2D eigenvalue weighted by molar-refractivity contribution is -0.160. The van der Waals surface area contributed by atoms with Crippen LogP contribution in [0.25, 0.3) is 0 Å². The van der Waals surface area contributed by atoms with Crippen LogP contribution in [0.3, 0.4) is 0 Å². The number of aryl methyl sites for hydroxylation is 1. The van der Waals surface area contributed by atoms with E-state index in [4.69, 9.17) is 11.6 Å². The van der Waals surface area contributed by atoms with Crippen LogP contribution in [0.1, 0.15) is 56.2 Å². The van der Waals surface area contributed by atoms with Crippen molar-refractivity contribution >= 4 is 29.5 Å². The quantitative estimate of drug-likeness (QED) is 0.445. The zero-order valence-corrected chi connectivity index (χ0v) is 22.8. The molecule has 3 amide bonds. The Morgan fingerprint density at radius 1 is 1.13 bits per heavy atom. The first-order chi connectivity index (χ1) is 18.3. The number of rotatable bonds is 9. The van der Waals surface area contributed by atoms with Gasteiger partial charge in [-0.2, -0.15) is 0 Å². The molecule has 0 unspecified atom stereocenters. The second-order valence-corrected chi connectivity index (χ2v) is 11.1. The summed E-state index contributed by atoms with van der Waals surface area (Å²) < 4.78 is 1.90. The van der Waals surface area contributed by atoms with Gasteiger partial charge >= 0.3 is 12.0 Å². The van der Waals surface area contributed by atoms with Crippen molar-refractivity contribution in [2.75, 3.05) is 19.6 Å². The molecule has 1 saturated carbocycles. The van der Waals surface area contributed by atoms with Crippen LogP contribution in [-0.2, 0) is 29.5 Å². The number of piperidine rings is 1. The van der Waals surface area contributed by atoms with Gasteiger partial charge in [0, 0.05) is 56.4 Å². The molecule has 38 heavy (non-hydrogen) atoms. The summed E-state index contributed by atoms with van der Waals surface area (Å²) in [7, 11) is 1.90. The third-order valence-electron chi connectivity index (χ3n) is 8.32. The molecule has 1 saturated heterocycles. The number of aromatic nitrogens is 2. The Morgan fingerprint density at radius 3 is 2.42 bits per heavy atom. The number of carboxylic acid groups (broad SMARTS) is 1. The van der Waals surface area contributed by atoms with E-state index in [0.717, 1.165) is 36.9 Å². The van der Waals surface area contributed by atoms with Crippen molar-refractivity contribution in [2.24, 2.45) is 18.4 Å². The topological polar surface area (TPSA) is 117 Å². The highest BCUT2D eigenvalue weighted by atomic mass is 35.5. The van der Waals surface area contributed by atoms with Crippen LogP contribution < -0.4 is 10.6 Å². The summed E-state index contributed by atoms with van der Waals surface area (Å²) in [5, 5.41) is 16.5. The standard InChI is InChI=1S/C28H38ClN5O4/c1-33-19-30-18-23(33)11-14-31-27(38)32-24(17-20-7-9-22(29)10-8-20)25(35)34-15-12-28(13-16-34,26(36)37)21-5-3-2-4-6-21/h7-10,18-19,21,24H,2-6,11-17H2,1H3,(H,36,37)(H2,31,32,38)/t24-/m1/s1. The molecule has 0 radical (unpaired) electrons. The fourth-order valence-electron chi connectivity index (χ4n) is 5.99. The second kappa shape index (κ2) is 12.7. The van der Waals surface area contributed by atoms with E-state index >= 15 is 0 Å². The van der Waals surface area contributed by atoms with Crippen molar-refractivity contribution in [1.82, 2.24) is 25.1 Å². The normalized spacial score (nSPS) is 18.5. The summed E-state index contributed by atoms with van der Waals surface area (Å²) in [6.07, 6.45) is 10.5. The van der Waals surface area contributed by atoms with Gasteiger partial charge in [0.25, 0.3) is 0 Å². The first kappa shape index (κ1) is 28.0. The molecule has 2 fully saturated rings. The molecule has 1 aromatic carbocycles.